The predicted molar refractivity (Wildman–Crippen MR) is 88.6 cm³/mol. The Morgan fingerprint density at radius 3 is 2.48 bits per heavy atom. The maximum atomic E-state index is 4.72. The molecule has 21 heavy (non-hydrogen) atoms. The van der Waals surface area contributed by atoms with Gasteiger partial charge in [0, 0.05) is 24.7 Å². The summed E-state index contributed by atoms with van der Waals surface area (Å²) in [4.78, 5) is 9.34. The minimum Gasteiger partial charge on any atom is -0.370 e. The molecule has 0 aliphatic heterocycles. The van der Waals surface area contributed by atoms with E-state index in [9.17, 15) is 0 Å². The monoisotopic (exact) mass is 283 g/mol. The minimum atomic E-state index is 0.608. The Morgan fingerprint density at radius 2 is 1.81 bits per heavy atom. The van der Waals surface area contributed by atoms with E-state index in [0.29, 0.717) is 5.92 Å². The summed E-state index contributed by atoms with van der Waals surface area (Å²) >= 11 is 0. The maximum Gasteiger partial charge on any atom is 0.131 e. The summed E-state index contributed by atoms with van der Waals surface area (Å²) < 4.78 is 0. The smallest absolute Gasteiger partial charge is 0.131 e. The maximum absolute atomic E-state index is 4.72. The van der Waals surface area contributed by atoms with Crippen LogP contribution in [-0.2, 0) is 19.3 Å². The van der Waals surface area contributed by atoms with Crippen LogP contribution in [0.5, 0.6) is 0 Å². The Morgan fingerprint density at radius 1 is 1.05 bits per heavy atom. The van der Waals surface area contributed by atoms with Crippen molar-refractivity contribution in [1.29, 1.82) is 0 Å². The fourth-order valence-corrected chi connectivity index (χ4v) is 2.36. The lowest BCUT2D eigenvalue weighted by Crippen LogP contribution is -2.08. The molecule has 3 heteroatoms. The van der Waals surface area contributed by atoms with Crippen molar-refractivity contribution >= 4 is 5.82 Å². The highest BCUT2D eigenvalue weighted by atomic mass is 15.0. The van der Waals surface area contributed by atoms with Crippen LogP contribution in [0, 0.1) is 5.92 Å². The molecule has 1 aromatic heterocycles. The number of anilines is 1. The molecule has 0 aliphatic rings. The van der Waals surface area contributed by atoms with Crippen LogP contribution >= 0.6 is 0 Å². The molecule has 2 aromatic rings. The number of nitrogens with zero attached hydrogens (tertiary/aromatic N) is 2. The van der Waals surface area contributed by atoms with Gasteiger partial charge in [-0.3, -0.25) is 0 Å². The summed E-state index contributed by atoms with van der Waals surface area (Å²) in [5.41, 5.74) is 2.47. The summed E-state index contributed by atoms with van der Waals surface area (Å²) in [6.45, 7) is 7.42. The molecule has 0 fully saturated rings. The van der Waals surface area contributed by atoms with Gasteiger partial charge in [-0.2, -0.15) is 0 Å². The van der Waals surface area contributed by atoms with E-state index in [0.717, 1.165) is 43.1 Å². The third kappa shape index (κ3) is 5.18. The first kappa shape index (κ1) is 15.5. The third-order valence-corrected chi connectivity index (χ3v) is 3.28. The highest BCUT2D eigenvalue weighted by molar-refractivity contribution is 5.36. The number of hydrogen-bond donors (Lipinski definition) is 1. The van der Waals surface area contributed by atoms with Gasteiger partial charge in [0.25, 0.3) is 0 Å². The molecule has 112 valence electrons. The Labute approximate surface area is 127 Å². The van der Waals surface area contributed by atoms with Crippen molar-refractivity contribution in [2.75, 3.05) is 11.9 Å². The largest absolute Gasteiger partial charge is 0.370 e. The standard InChI is InChI=1S/C18H25N3/c1-4-19-18-13-16(12-14(2)3)20-17(21-18)11-10-15-8-6-5-7-9-15/h5-9,13-14H,4,10-12H2,1-3H3,(H,19,20,21). The summed E-state index contributed by atoms with van der Waals surface area (Å²) in [6.07, 6.45) is 2.87. The molecule has 2 rings (SSSR count). The average molecular weight is 283 g/mol. The van der Waals surface area contributed by atoms with Gasteiger partial charge in [0.1, 0.15) is 11.6 Å². The van der Waals surface area contributed by atoms with E-state index < -0.39 is 0 Å². The molecule has 0 spiro atoms. The lowest BCUT2D eigenvalue weighted by molar-refractivity contribution is 0.629. The van der Waals surface area contributed by atoms with E-state index in [1.54, 1.807) is 0 Å². The first-order chi connectivity index (χ1) is 10.2. The van der Waals surface area contributed by atoms with E-state index in [1.807, 2.05) is 6.07 Å². The quantitative estimate of drug-likeness (QED) is 0.837. The first-order valence-electron chi connectivity index (χ1n) is 7.82. The van der Waals surface area contributed by atoms with Crippen molar-refractivity contribution in [2.24, 2.45) is 5.92 Å². The molecular weight excluding hydrogens is 258 g/mol. The van der Waals surface area contributed by atoms with Crippen LogP contribution in [0.2, 0.25) is 0 Å². The first-order valence-corrected chi connectivity index (χ1v) is 7.82. The molecule has 0 aliphatic carbocycles. The van der Waals surface area contributed by atoms with Gasteiger partial charge >= 0.3 is 0 Å². The van der Waals surface area contributed by atoms with E-state index in [4.69, 9.17) is 4.98 Å². The van der Waals surface area contributed by atoms with Gasteiger partial charge in [-0.15, -0.1) is 0 Å². The normalized spacial score (nSPS) is 10.9. The lowest BCUT2D eigenvalue weighted by Gasteiger charge is -2.10. The van der Waals surface area contributed by atoms with Crippen molar-refractivity contribution < 1.29 is 0 Å². The van der Waals surface area contributed by atoms with Gasteiger partial charge < -0.3 is 5.32 Å². The molecule has 1 heterocycles. The van der Waals surface area contributed by atoms with Gasteiger partial charge in [-0.25, -0.2) is 9.97 Å². The Hall–Kier alpha value is -1.90. The van der Waals surface area contributed by atoms with Crippen LogP contribution in [0.15, 0.2) is 36.4 Å². The van der Waals surface area contributed by atoms with E-state index in [1.165, 1.54) is 5.56 Å². The number of hydrogen-bond acceptors (Lipinski definition) is 3. The molecular formula is C18H25N3. The Balaban J connectivity index is 2.11. The van der Waals surface area contributed by atoms with Gasteiger partial charge in [-0.05, 0) is 31.2 Å². The lowest BCUT2D eigenvalue weighted by atomic mass is 10.1. The number of aryl methyl sites for hydroxylation is 2. The SMILES string of the molecule is CCNc1cc(CC(C)C)nc(CCc2ccccc2)n1. The predicted octanol–water partition coefficient (Wildman–Crippen LogP) is 3.89. The topological polar surface area (TPSA) is 37.8 Å². The van der Waals surface area contributed by atoms with Crippen LogP contribution in [0.25, 0.3) is 0 Å². The summed E-state index contributed by atoms with van der Waals surface area (Å²) in [7, 11) is 0. The molecule has 3 nitrogen and oxygen atoms in total. The van der Waals surface area contributed by atoms with E-state index in [-0.39, 0.29) is 0 Å². The molecule has 0 bridgehead atoms. The second kappa shape index (κ2) is 7.77. The number of benzene rings is 1. The van der Waals surface area contributed by atoms with Crippen molar-refractivity contribution in [3.8, 4) is 0 Å². The van der Waals surface area contributed by atoms with Crippen LogP contribution < -0.4 is 5.32 Å². The van der Waals surface area contributed by atoms with Gasteiger partial charge in [0.05, 0.1) is 0 Å². The second-order valence-corrected chi connectivity index (χ2v) is 5.77. The zero-order valence-corrected chi connectivity index (χ0v) is 13.3. The average Bonchev–Trinajstić information content (AvgIpc) is 2.46. The summed E-state index contributed by atoms with van der Waals surface area (Å²) in [5.74, 6) is 2.50. The zero-order valence-electron chi connectivity index (χ0n) is 13.3. The zero-order chi connectivity index (χ0) is 15.1. The van der Waals surface area contributed by atoms with Gasteiger partial charge in [0.15, 0.2) is 0 Å². The van der Waals surface area contributed by atoms with Crippen LogP contribution in [0.4, 0.5) is 5.82 Å². The molecule has 0 amide bonds. The highest BCUT2D eigenvalue weighted by Crippen LogP contribution is 2.13. The molecule has 0 atom stereocenters. The molecule has 0 saturated heterocycles. The Bertz CT molecular complexity index is 550. The second-order valence-electron chi connectivity index (χ2n) is 5.77. The van der Waals surface area contributed by atoms with E-state index >= 15 is 0 Å². The molecule has 0 radical (unpaired) electrons. The molecule has 0 unspecified atom stereocenters. The van der Waals surface area contributed by atoms with Gasteiger partial charge in [-0.1, -0.05) is 44.2 Å². The van der Waals surface area contributed by atoms with Crippen LogP contribution in [0.1, 0.15) is 37.9 Å². The summed E-state index contributed by atoms with van der Waals surface area (Å²) in [6, 6.07) is 12.6. The van der Waals surface area contributed by atoms with E-state index in [2.05, 4.69) is 61.4 Å². The molecule has 0 saturated carbocycles. The highest BCUT2D eigenvalue weighted by Gasteiger charge is 2.06. The molecule has 1 N–H and O–H groups in total. The molecule has 1 aromatic carbocycles. The number of aromatic nitrogens is 2. The van der Waals surface area contributed by atoms with Crippen LogP contribution in [-0.4, -0.2) is 16.5 Å². The van der Waals surface area contributed by atoms with Gasteiger partial charge in [0.2, 0.25) is 0 Å². The Kier molecular flexibility index (Phi) is 5.73. The number of nitrogens with one attached hydrogen (secondary N) is 1. The third-order valence-electron chi connectivity index (χ3n) is 3.28. The van der Waals surface area contributed by atoms with Crippen molar-refractivity contribution in [3.05, 3.63) is 53.5 Å². The number of rotatable bonds is 7. The van der Waals surface area contributed by atoms with Crippen molar-refractivity contribution in [3.63, 3.8) is 0 Å². The summed E-state index contributed by atoms with van der Waals surface area (Å²) in [5, 5.41) is 3.31. The fraction of sp³-hybridized carbons (Fsp3) is 0.444. The van der Waals surface area contributed by atoms with Crippen LogP contribution in [0.3, 0.4) is 0 Å². The van der Waals surface area contributed by atoms with Crippen molar-refractivity contribution in [1.82, 2.24) is 9.97 Å². The fourth-order valence-electron chi connectivity index (χ4n) is 2.36. The minimum absolute atomic E-state index is 0.608. The van der Waals surface area contributed by atoms with Crippen molar-refractivity contribution in [2.45, 2.75) is 40.0 Å².